The molecule has 0 spiro atoms. The molecule has 0 bridgehead atoms. The average molecular weight is 360 g/mol. The number of aryl methyl sites for hydroxylation is 1. The molecule has 0 radical (unpaired) electrons. The first kappa shape index (κ1) is 18.5. The van der Waals surface area contributed by atoms with E-state index in [1.807, 2.05) is 28.9 Å². The molecule has 142 valence electrons. The summed E-state index contributed by atoms with van der Waals surface area (Å²) in [6.07, 6.45) is 3.55. The van der Waals surface area contributed by atoms with E-state index in [-0.39, 0.29) is 17.7 Å². The zero-order valence-corrected chi connectivity index (χ0v) is 15.9. The van der Waals surface area contributed by atoms with Gasteiger partial charge in [0, 0.05) is 32.1 Å². The van der Waals surface area contributed by atoms with Crippen molar-refractivity contribution in [2.45, 2.75) is 32.6 Å². The monoisotopic (exact) mass is 360 g/mol. The summed E-state index contributed by atoms with van der Waals surface area (Å²) in [5, 5.41) is 0. The molecule has 6 nitrogen and oxygen atoms in total. The van der Waals surface area contributed by atoms with E-state index in [0.29, 0.717) is 44.1 Å². The number of methoxy groups -OCH3 is 2. The Bertz CT molecular complexity index is 677. The van der Waals surface area contributed by atoms with Crippen LogP contribution in [0.15, 0.2) is 12.1 Å². The van der Waals surface area contributed by atoms with Crippen LogP contribution in [0.3, 0.4) is 0 Å². The number of hydrogen-bond acceptors (Lipinski definition) is 4. The second-order valence-electron chi connectivity index (χ2n) is 7.14. The van der Waals surface area contributed by atoms with Crippen LogP contribution in [0.1, 0.15) is 30.4 Å². The molecule has 6 heteroatoms. The van der Waals surface area contributed by atoms with E-state index in [2.05, 4.69) is 0 Å². The molecule has 1 saturated carbocycles. The number of carbonyl (C=O) groups excluding carboxylic acids is 2. The first-order valence-corrected chi connectivity index (χ1v) is 9.31. The van der Waals surface area contributed by atoms with Gasteiger partial charge in [-0.05, 0) is 43.0 Å². The van der Waals surface area contributed by atoms with E-state index >= 15 is 0 Å². The van der Waals surface area contributed by atoms with Crippen LogP contribution in [0.4, 0.5) is 0 Å². The van der Waals surface area contributed by atoms with Gasteiger partial charge in [0.15, 0.2) is 11.5 Å². The zero-order chi connectivity index (χ0) is 18.7. The highest BCUT2D eigenvalue weighted by Gasteiger charge is 2.32. The third-order valence-electron chi connectivity index (χ3n) is 5.58. The van der Waals surface area contributed by atoms with Crippen LogP contribution < -0.4 is 9.47 Å². The Hall–Kier alpha value is -2.24. The number of nitrogens with zero attached hydrogens (tertiary/aromatic N) is 2. The van der Waals surface area contributed by atoms with Crippen molar-refractivity contribution in [3.05, 3.63) is 23.3 Å². The SMILES string of the molecule is COc1cc(C)c(CC(=O)N2CCN(C(=O)C3CCC3)CC2)cc1OC. The van der Waals surface area contributed by atoms with Crippen LogP contribution in [-0.4, -0.2) is 62.0 Å². The van der Waals surface area contributed by atoms with Crippen molar-refractivity contribution in [2.75, 3.05) is 40.4 Å². The smallest absolute Gasteiger partial charge is 0.227 e. The number of hydrogen-bond donors (Lipinski definition) is 0. The molecule has 3 rings (SSSR count). The summed E-state index contributed by atoms with van der Waals surface area (Å²) in [7, 11) is 3.20. The highest BCUT2D eigenvalue weighted by Crippen LogP contribution is 2.31. The van der Waals surface area contributed by atoms with E-state index in [4.69, 9.17) is 9.47 Å². The molecule has 2 amide bonds. The number of carbonyl (C=O) groups is 2. The van der Waals surface area contributed by atoms with Gasteiger partial charge in [0.05, 0.1) is 20.6 Å². The van der Waals surface area contributed by atoms with Crippen molar-refractivity contribution in [1.82, 2.24) is 9.80 Å². The minimum absolute atomic E-state index is 0.0936. The van der Waals surface area contributed by atoms with Gasteiger partial charge in [-0.1, -0.05) is 6.42 Å². The van der Waals surface area contributed by atoms with Crippen molar-refractivity contribution >= 4 is 11.8 Å². The van der Waals surface area contributed by atoms with E-state index in [0.717, 1.165) is 24.0 Å². The summed E-state index contributed by atoms with van der Waals surface area (Å²) in [4.78, 5) is 28.8. The fraction of sp³-hybridized carbons (Fsp3) is 0.600. The number of amides is 2. The van der Waals surface area contributed by atoms with E-state index < -0.39 is 0 Å². The second-order valence-corrected chi connectivity index (χ2v) is 7.14. The largest absolute Gasteiger partial charge is 0.493 e. The first-order chi connectivity index (χ1) is 12.5. The van der Waals surface area contributed by atoms with Gasteiger partial charge in [0.25, 0.3) is 0 Å². The Labute approximate surface area is 155 Å². The zero-order valence-electron chi connectivity index (χ0n) is 15.9. The first-order valence-electron chi connectivity index (χ1n) is 9.31. The molecule has 1 aliphatic carbocycles. The highest BCUT2D eigenvalue weighted by molar-refractivity contribution is 5.81. The molecule has 1 aromatic carbocycles. The molecule has 26 heavy (non-hydrogen) atoms. The molecule has 0 aromatic heterocycles. The Balaban J connectivity index is 1.58. The van der Waals surface area contributed by atoms with Gasteiger partial charge in [0.1, 0.15) is 0 Å². The third kappa shape index (κ3) is 3.79. The predicted molar refractivity (Wildman–Crippen MR) is 98.5 cm³/mol. The molecular formula is C20H28N2O4. The summed E-state index contributed by atoms with van der Waals surface area (Å²) in [6.45, 7) is 4.49. The van der Waals surface area contributed by atoms with Gasteiger partial charge in [-0.2, -0.15) is 0 Å². The normalized spacial score (nSPS) is 17.7. The molecule has 0 N–H and O–H groups in total. The fourth-order valence-electron chi connectivity index (χ4n) is 3.58. The number of piperazine rings is 1. The van der Waals surface area contributed by atoms with E-state index in [1.54, 1.807) is 14.2 Å². The Kier molecular flexibility index (Phi) is 5.69. The summed E-state index contributed by atoms with van der Waals surface area (Å²) in [5.41, 5.74) is 1.95. The number of ether oxygens (including phenoxy) is 2. The van der Waals surface area contributed by atoms with Crippen LogP contribution in [-0.2, 0) is 16.0 Å². The number of rotatable bonds is 5. The summed E-state index contributed by atoms with van der Waals surface area (Å²) in [6, 6.07) is 3.78. The number of benzene rings is 1. The maximum atomic E-state index is 12.7. The molecule has 1 aliphatic heterocycles. The van der Waals surface area contributed by atoms with Gasteiger partial charge in [-0.15, -0.1) is 0 Å². The molecule has 2 aliphatic rings. The Morgan fingerprint density at radius 1 is 1.00 bits per heavy atom. The summed E-state index contributed by atoms with van der Waals surface area (Å²) >= 11 is 0. The van der Waals surface area contributed by atoms with Gasteiger partial charge in [-0.25, -0.2) is 0 Å². The lowest BCUT2D eigenvalue weighted by Gasteiger charge is -2.38. The predicted octanol–water partition coefficient (Wildman–Crippen LogP) is 2.03. The van der Waals surface area contributed by atoms with E-state index in [9.17, 15) is 9.59 Å². The van der Waals surface area contributed by atoms with Crippen molar-refractivity contribution in [3.63, 3.8) is 0 Å². The van der Waals surface area contributed by atoms with Crippen LogP contribution in [0.25, 0.3) is 0 Å². The molecule has 1 aromatic rings. The van der Waals surface area contributed by atoms with Gasteiger partial charge < -0.3 is 19.3 Å². The highest BCUT2D eigenvalue weighted by atomic mass is 16.5. The van der Waals surface area contributed by atoms with Crippen molar-refractivity contribution in [3.8, 4) is 11.5 Å². The van der Waals surface area contributed by atoms with Crippen LogP contribution >= 0.6 is 0 Å². The molecule has 2 fully saturated rings. The lowest BCUT2D eigenvalue weighted by Crippen LogP contribution is -2.52. The molecule has 1 saturated heterocycles. The molecule has 1 heterocycles. The maximum Gasteiger partial charge on any atom is 0.227 e. The Morgan fingerprint density at radius 3 is 2.12 bits per heavy atom. The lowest BCUT2D eigenvalue weighted by molar-refractivity contribution is -0.143. The standard InChI is InChI=1S/C20H28N2O4/c1-14-11-17(25-2)18(26-3)12-16(14)13-19(23)21-7-9-22(10-8-21)20(24)15-5-4-6-15/h11-12,15H,4-10,13H2,1-3H3. The average Bonchev–Trinajstić information content (AvgIpc) is 2.61. The van der Waals surface area contributed by atoms with Crippen molar-refractivity contribution < 1.29 is 19.1 Å². The lowest BCUT2D eigenvalue weighted by atomic mass is 9.84. The van der Waals surface area contributed by atoms with Crippen LogP contribution in [0.5, 0.6) is 11.5 Å². The van der Waals surface area contributed by atoms with Crippen LogP contribution in [0, 0.1) is 12.8 Å². The third-order valence-corrected chi connectivity index (χ3v) is 5.58. The van der Waals surface area contributed by atoms with Gasteiger partial charge >= 0.3 is 0 Å². The maximum absolute atomic E-state index is 12.7. The minimum atomic E-state index is 0.0936. The second kappa shape index (κ2) is 7.98. The van der Waals surface area contributed by atoms with Crippen molar-refractivity contribution in [1.29, 1.82) is 0 Å². The summed E-state index contributed by atoms with van der Waals surface area (Å²) < 4.78 is 10.6. The molecule has 0 atom stereocenters. The fourth-order valence-corrected chi connectivity index (χ4v) is 3.58. The summed E-state index contributed by atoms with van der Waals surface area (Å²) in [5.74, 6) is 1.91. The van der Waals surface area contributed by atoms with E-state index in [1.165, 1.54) is 6.42 Å². The minimum Gasteiger partial charge on any atom is -0.493 e. The van der Waals surface area contributed by atoms with Crippen LogP contribution in [0.2, 0.25) is 0 Å². The quantitative estimate of drug-likeness (QED) is 0.806. The Morgan fingerprint density at radius 2 is 1.58 bits per heavy atom. The van der Waals surface area contributed by atoms with Crippen molar-refractivity contribution in [2.24, 2.45) is 5.92 Å². The molecular weight excluding hydrogens is 332 g/mol. The van der Waals surface area contributed by atoms with Gasteiger partial charge in [0.2, 0.25) is 11.8 Å². The topological polar surface area (TPSA) is 59.1 Å². The molecule has 0 unspecified atom stereocenters. The van der Waals surface area contributed by atoms with Gasteiger partial charge in [-0.3, -0.25) is 9.59 Å².